The maximum absolute atomic E-state index is 13.3. The molecule has 31 heavy (non-hydrogen) atoms. The van der Waals surface area contributed by atoms with Crippen molar-refractivity contribution in [3.8, 4) is 11.5 Å². The van der Waals surface area contributed by atoms with Crippen LogP contribution < -0.4 is 9.47 Å². The van der Waals surface area contributed by atoms with E-state index in [1.54, 1.807) is 32.7 Å². The van der Waals surface area contributed by atoms with Crippen LogP contribution in [0.2, 0.25) is 0 Å². The molecule has 1 atom stereocenters. The molecule has 0 saturated heterocycles. The average Bonchev–Trinajstić information content (AvgIpc) is 3.45. The van der Waals surface area contributed by atoms with Gasteiger partial charge < -0.3 is 19.1 Å². The van der Waals surface area contributed by atoms with Crippen LogP contribution in [0, 0.1) is 0 Å². The number of nitrogens with zero attached hydrogens (tertiary/aromatic N) is 3. The number of carbonyl (C=O) groups excluding carboxylic acids is 2. The molecule has 0 N–H and O–H groups in total. The van der Waals surface area contributed by atoms with Crippen molar-refractivity contribution < 1.29 is 23.8 Å². The number of amides is 2. The van der Waals surface area contributed by atoms with Gasteiger partial charge >= 0.3 is 0 Å². The molecule has 0 fully saturated rings. The molecule has 1 aromatic carbocycles. The minimum absolute atomic E-state index is 0.0807. The van der Waals surface area contributed by atoms with Gasteiger partial charge in [0.1, 0.15) is 18.0 Å². The highest BCUT2D eigenvalue weighted by molar-refractivity contribution is 7.12. The highest BCUT2D eigenvalue weighted by Crippen LogP contribution is 2.39. The van der Waals surface area contributed by atoms with E-state index < -0.39 is 0 Å². The Balaban J connectivity index is 1.95. The monoisotopic (exact) mass is 445 g/mol. The smallest absolute Gasteiger partial charge is 0.262 e. The van der Waals surface area contributed by atoms with Crippen LogP contribution >= 0.6 is 11.3 Å². The number of carbonyl (C=O) groups is 2. The number of methoxy groups -OCH3 is 3. The fourth-order valence-corrected chi connectivity index (χ4v) is 4.18. The summed E-state index contributed by atoms with van der Waals surface area (Å²) in [5, 5.41) is 8.10. The van der Waals surface area contributed by atoms with Gasteiger partial charge in [-0.15, -0.1) is 11.3 Å². The molecule has 1 aromatic heterocycles. The van der Waals surface area contributed by atoms with Crippen LogP contribution in [-0.2, 0) is 14.3 Å². The standard InChI is InChI=1S/C22H27N3O5S/c1-15(26)24(9-10-28-2)14-22(27)25-19(13-18(23-25)21-6-5-11-31-21)17-12-16(29-3)7-8-20(17)30-4/h5-8,11-12,19H,9-10,13-14H2,1-4H3/t19-/m1/s1. The second-order valence-electron chi connectivity index (χ2n) is 7.02. The van der Waals surface area contributed by atoms with Crippen LogP contribution in [0.25, 0.3) is 0 Å². The molecule has 8 nitrogen and oxygen atoms in total. The molecule has 1 aliphatic rings. The lowest BCUT2D eigenvalue weighted by molar-refractivity contribution is -0.141. The summed E-state index contributed by atoms with van der Waals surface area (Å²) >= 11 is 1.57. The normalized spacial score (nSPS) is 15.5. The Labute approximate surface area is 186 Å². The Morgan fingerprint density at radius 2 is 2.03 bits per heavy atom. The van der Waals surface area contributed by atoms with Gasteiger partial charge in [-0.2, -0.15) is 5.10 Å². The van der Waals surface area contributed by atoms with E-state index in [0.717, 1.165) is 16.2 Å². The largest absolute Gasteiger partial charge is 0.497 e. The SMILES string of the molecule is COCCN(CC(=O)N1N=C(c2cccs2)C[C@@H]1c1cc(OC)ccc1OC)C(C)=O. The van der Waals surface area contributed by atoms with Gasteiger partial charge in [0.15, 0.2) is 0 Å². The van der Waals surface area contributed by atoms with E-state index in [1.165, 1.54) is 16.8 Å². The van der Waals surface area contributed by atoms with Crippen LogP contribution in [0.3, 0.4) is 0 Å². The van der Waals surface area contributed by atoms with Crippen molar-refractivity contribution in [2.45, 2.75) is 19.4 Å². The Morgan fingerprint density at radius 1 is 1.23 bits per heavy atom. The summed E-state index contributed by atoms with van der Waals surface area (Å²) in [6.45, 7) is 2.04. The third kappa shape index (κ3) is 5.23. The zero-order valence-electron chi connectivity index (χ0n) is 18.2. The Morgan fingerprint density at radius 3 is 2.65 bits per heavy atom. The van der Waals surface area contributed by atoms with Crippen LogP contribution in [0.5, 0.6) is 11.5 Å². The first kappa shape index (κ1) is 22.8. The molecule has 2 heterocycles. The van der Waals surface area contributed by atoms with Crippen molar-refractivity contribution in [3.63, 3.8) is 0 Å². The topological polar surface area (TPSA) is 80.7 Å². The lowest BCUT2D eigenvalue weighted by atomic mass is 9.99. The molecule has 0 radical (unpaired) electrons. The number of ether oxygens (including phenoxy) is 3. The molecule has 9 heteroatoms. The summed E-state index contributed by atoms with van der Waals surface area (Å²) in [7, 11) is 4.75. The maximum Gasteiger partial charge on any atom is 0.262 e. The number of thiophene rings is 1. The minimum Gasteiger partial charge on any atom is -0.497 e. The number of hydrazone groups is 1. The third-order valence-corrected chi connectivity index (χ3v) is 6.02. The summed E-state index contributed by atoms with van der Waals surface area (Å²) in [5.74, 6) is 0.850. The van der Waals surface area contributed by atoms with E-state index in [1.807, 2.05) is 35.7 Å². The van der Waals surface area contributed by atoms with Crippen molar-refractivity contribution in [1.29, 1.82) is 0 Å². The number of benzene rings is 1. The number of hydrogen-bond acceptors (Lipinski definition) is 7. The molecule has 0 spiro atoms. The predicted octanol–water partition coefficient (Wildman–Crippen LogP) is 2.94. The van der Waals surface area contributed by atoms with Gasteiger partial charge in [-0.05, 0) is 29.6 Å². The zero-order valence-corrected chi connectivity index (χ0v) is 19.0. The van der Waals surface area contributed by atoms with Gasteiger partial charge in [-0.25, -0.2) is 5.01 Å². The van der Waals surface area contributed by atoms with E-state index in [4.69, 9.17) is 14.2 Å². The van der Waals surface area contributed by atoms with Crippen molar-refractivity contribution >= 4 is 28.9 Å². The first-order valence-electron chi connectivity index (χ1n) is 9.88. The molecule has 1 aliphatic heterocycles. The Bertz CT molecular complexity index is 945. The first-order valence-corrected chi connectivity index (χ1v) is 10.8. The molecule has 166 valence electrons. The summed E-state index contributed by atoms with van der Waals surface area (Å²) < 4.78 is 16.0. The molecule has 2 amide bonds. The number of hydrogen-bond donors (Lipinski definition) is 0. The van der Waals surface area contributed by atoms with Gasteiger partial charge in [0, 0.05) is 32.6 Å². The fourth-order valence-electron chi connectivity index (χ4n) is 3.46. The summed E-state index contributed by atoms with van der Waals surface area (Å²) in [6.07, 6.45) is 0.536. The summed E-state index contributed by atoms with van der Waals surface area (Å²) in [4.78, 5) is 27.8. The van der Waals surface area contributed by atoms with Crippen LogP contribution in [0.1, 0.15) is 29.8 Å². The molecule has 0 unspecified atom stereocenters. The Hall–Kier alpha value is -2.91. The Kier molecular flexibility index (Phi) is 7.64. The average molecular weight is 446 g/mol. The van der Waals surface area contributed by atoms with Gasteiger partial charge in [-0.1, -0.05) is 6.07 Å². The van der Waals surface area contributed by atoms with Gasteiger partial charge in [0.05, 0.1) is 37.5 Å². The first-order chi connectivity index (χ1) is 15.0. The van der Waals surface area contributed by atoms with Crippen LogP contribution in [0.15, 0.2) is 40.8 Å². The van der Waals surface area contributed by atoms with Crippen molar-refractivity contribution in [2.75, 3.05) is 41.0 Å². The molecular formula is C22H27N3O5S. The highest BCUT2D eigenvalue weighted by Gasteiger charge is 2.36. The van der Waals surface area contributed by atoms with Crippen molar-refractivity contribution in [2.24, 2.45) is 5.10 Å². The second kappa shape index (κ2) is 10.4. The highest BCUT2D eigenvalue weighted by atomic mass is 32.1. The molecule has 3 rings (SSSR count). The molecule has 2 aromatic rings. The third-order valence-electron chi connectivity index (χ3n) is 5.10. The van der Waals surface area contributed by atoms with E-state index >= 15 is 0 Å². The predicted molar refractivity (Wildman–Crippen MR) is 119 cm³/mol. The molecule has 0 saturated carbocycles. The van der Waals surface area contributed by atoms with E-state index in [9.17, 15) is 9.59 Å². The lowest BCUT2D eigenvalue weighted by Gasteiger charge is -2.27. The van der Waals surface area contributed by atoms with Gasteiger partial charge in [0.25, 0.3) is 5.91 Å². The van der Waals surface area contributed by atoms with Gasteiger partial charge in [0.2, 0.25) is 5.91 Å². The van der Waals surface area contributed by atoms with Crippen LogP contribution in [0.4, 0.5) is 0 Å². The van der Waals surface area contributed by atoms with E-state index in [-0.39, 0.29) is 24.4 Å². The summed E-state index contributed by atoms with van der Waals surface area (Å²) in [6, 6.07) is 9.07. The quantitative estimate of drug-likeness (QED) is 0.593. The molecule has 0 bridgehead atoms. The van der Waals surface area contributed by atoms with E-state index in [2.05, 4.69) is 5.10 Å². The van der Waals surface area contributed by atoms with Gasteiger partial charge in [-0.3, -0.25) is 9.59 Å². The number of rotatable bonds is 9. The minimum atomic E-state index is -0.370. The maximum atomic E-state index is 13.3. The molecule has 0 aliphatic carbocycles. The van der Waals surface area contributed by atoms with E-state index in [0.29, 0.717) is 31.1 Å². The van der Waals surface area contributed by atoms with Crippen LogP contribution in [-0.4, -0.2) is 68.5 Å². The second-order valence-corrected chi connectivity index (χ2v) is 7.97. The fraction of sp³-hybridized carbons (Fsp3) is 0.409. The zero-order chi connectivity index (χ0) is 22.4. The lowest BCUT2D eigenvalue weighted by Crippen LogP contribution is -2.41. The molecular weight excluding hydrogens is 418 g/mol. The summed E-state index contributed by atoms with van der Waals surface area (Å²) in [5.41, 5.74) is 1.63. The van der Waals surface area contributed by atoms with Crippen molar-refractivity contribution in [3.05, 3.63) is 46.2 Å². The van der Waals surface area contributed by atoms with Crippen molar-refractivity contribution in [1.82, 2.24) is 9.91 Å².